The molecule has 32 heavy (non-hydrogen) atoms. The molecule has 4 rings (SSSR count). The van der Waals surface area contributed by atoms with Crippen LogP contribution in [0.1, 0.15) is 54.4 Å². The van der Waals surface area contributed by atoms with Gasteiger partial charge in [0.15, 0.2) is 0 Å². The average molecular weight is 458 g/mol. The second-order valence-electron chi connectivity index (χ2n) is 9.40. The summed E-state index contributed by atoms with van der Waals surface area (Å²) < 4.78 is 16.6. The molecular formula is C26H35NO4S. The van der Waals surface area contributed by atoms with Gasteiger partial charge in [-0.1, -0.05) is 61.7 Å². The van der Waals surface area contributed by atoms with Gasteiger partial charge in [-0.2, -0.15) is 0 Å². The molecule has 2 unspecified atom stereocenters. The smallest absolute Gasteiger partial charge is 0.255 e. The molecule has 0 spiro atoms. The number of hydrogen-bond acceptors (Lipinski definition) is 4. The molecule has 6 heteroatoms. The number of hydrogen-bond donors (Lipinski definition) is 3. The standard InChI is InChI=1S/C26H35NO4S/c1-31-23-13-7-6-12-22(23)24(29)27-18-25(14-8-3-9-15-25)26(21-10-4-2-5-11-21)16-17-32(30,19-26)20-28/h2,4-7,10-13,28,30H,3,8-9,14-20H2,1H3,(H,27,29). The quantitative estimate of drug-likeness (QED) is 0.550. The molecule has 1 saturated carbocycles. The van der Waals surface area contributed by atoms with Crippen LogP contribution in [-0.2, 0) is 5.41 Å². The van der Waals surface area contributed by atoms with Crippen molar-refractivity contribution in [2.24, 2.45) is 5.41 Å². The Kier molecular flexibility index (Phi) is 6.84. The third-order valence-electron chi connectivity index (χ3n) is 7.76. The minimum atomic E-state index is -2.06. The molecule has 2 aromatic carbocycles. The van der Waals surface area contributed by atoms with Crippen LogP contribution in [-0.4, -0.2) is 46.7 Å². The van der Waals surface area contributed by atoms with Crippen molar-refractivity contribution in [1.29, 1.82) is 0 Å². The van der Waals surface area contributed by atoms with Crippen LogP contribution in [0.2, 0.25) is 0 Å². The Hall–Kier alpha value is -2.02. The molecule has 2 fully saturated rings. The molecule has 5 nitrogen and oxygen atoms in total. The van der Waals surface area contributed by atoms with Crippen molar-refractivity contribution in [2.45, 2.75) is 43.9 Å². The fraction of sp³-hybridized carbons (Fsp3) is 0.500. The first-order valence-corrected chi connectivity index (χ1v) is 13.6. The highest BCUT2D eigenvalue weighted by atomic mass is 32.3. The molecule has 1 amide bonds. The summed E-state index contributed by atoms with van der Waals surface area (Å²) in [5, 5.41) is 13.3. The zero-order chi connectivity index (χ0) is 22.7. The number of rotatable bonds is 7. The van der Waals surface area contributed by atoms with Crippen LogP contribution in [0.25, 0.3) is 0 Å². The normalized spacial score (nSPS) is 29.1. The van der Waals surface area contributed by atoms with E-state index in [4.69, 9.17) is 4.74 Å². The largest absolute Gasteiger partial charge is 0.496 e. The van der Waals surface area contributed by atoms with E-state index in [1.807, 2.05) is 18.2 Å². The van der Waals surface area contributed by atoms with Gasteiger partial charge in [0.05, 0.1) is 18.6 Å². The van der Waals surface area contributed by atoms with Crippen LogP contribution in [0.3, 0.4) is 0 Å². The van der Waals surface area contributed by atoms with Gasteiger partial charge in [0.2, 0.25) is 0 Å². The maximum absolute atomic E-state index is 13.2. The molecule has 174 valence electrons. The Balaban J connectivity index is 1.70. The topological polar surface area (TPSA) is 78.8 Å². The lowest BCUT2D eigenvalue weighted by Gasteiger charge is -2.52. The van der Waals surface area contributed by atoms with Gasteiger partial charge in [-0.05, 0) is 42.4 Å². The number of ether oxygens (including phenoxy) is 1. The first-order chi connectivity index (χ1) is 15.5. The van der Waals surface area contributed by atoms with E-state index in [1.54, 1.807) is 19.2 Å². The molecule has 0 aromatic heterocycles. The average Bonchev–Trinajstić information content (AvgIpc) is 3.23. The summed E-state index contributed by atoms with van der Waals surface area (Å²) in [7, 11) is -0.484. The van der Waals surface area contributed by atoms with Gasteiger partial charge in [-0.15, -0.1) is 10.3 Å². The lowest BCUT2D eigenvalue weighted by Crippen LogP contribution is -2.54. The molecule has 1 heterocycles. The maximum Gasteiger partial charge on any atom is 0.255 e. The molecule has 2 aromatic rings. The predicted molar refractivity (Wildman–Crippen MR) is 131 cm³/mol. The monoisotopic (exact) mass is 457 g/mol. The van der Waals surface area contributed by atoms with Crippen molar-refractivity contribution in [3.8, 4) is 5.75 Å². The van der Waals surface area contributed by atoms with Crippen LogP contribution in [0, 0.1) is 5.41 Å². The summed E-state index contributed by atoms with van der Waals surface area (Å²) in [5.74, 6) is 1.55. The molecule has 1 saturated heterocycles. The predicted octanol–water partition coefficient (Wildman–Crippen LogP) is 4.94. The number of carbonyl (C=O) groups excluding carboxylic acids is 1. The van der Waals surface area contributed by atoms with Gasteiger partial charge in [-0.3, -0.25) is 4.79 Å². The summed E-state index contributed by atoms with van der Waals surface area (Å²) in [4.78, 5) is 13.2. The zero-order valence-corrected chi connectivity index (χ0v) is 19.7. The molecule has 1 aliphatic heterocycles. The first kappa shape index (κ1) is 23.1. The van der Waals surface area contributed by atoms with Gasteiger partial charge in [-0.25, -0.2) is 0 Å². The van der Waals surface area contributed by atoms with Gasteiger partial charge < -0.3 is 19.7 Å². The van der Waals surface area contributed by atoms with Crippen LogP contribution < -0.4 is 10.1 Å². The van der Waals surface area contributed by atoms with E-state index in [-0.39, 0.29) is 22.7 Å². The molecule has 0 radical (unpaired) electrons. The molecule has 1 aliphatic carbocycles. The summed E-state index contributed by atoms with van der Waals surface area (Å²) >= 11 is 0. The Morgan fingerprint density at radius 2 is 1.72 bits per heavy atom. The van der Waals surface area contributed by atoms with Crippen LogP contribution in [0.15, 0.2) is 54.6 Å². The number of para-hydroxylation sites is 1. The number of amides is 1. The number of benzene rings is 2. The van der Waals surface area contributed by atoms with Crippen molar-refractivity contribution in [3.63, 3.8) is 0 Å². The summed E-state index contributed by atoms with van der Waals surface area (Å²) in [6.07, 6.45) is 6.29. The molecule has 3 N–H and O–H groups in total. The number of carbonyl (C=O) groups is 1. The highest BCUT2D eigenvalue weighted by Crippen LogP contribution is 2.65. The summed E-state index contributed by atoms with van der Waals surface area (Å²) in [6, 6.07) is 17.8. The Morgan fingerprint density at radius 1 is 1.03 bits per heavy atom. The van der Waals surface area contributed by atoms with Crippen molar-refractivity contribution < 1.29 is 19.2 Å². The second-order valence-corrected chi connectivity index (χ2v) is 12.4. The fourth-order valence-electron chi connectivity index (χ4n) is 6.02. The second kappa shape index (κ2) is 9.46. The maximum atomic E-state index is 13.2. The minimum absolute atomic E-state index is 0.127. The van der Waals surface area contributed by atoms with Crippen molar-refractivity contribution in [3.05, 3.63) is 65.7 Å². The van der Waals surface area contributed by atoms with Crippen LogP contribution in [0.5, 0.6) is 5.75 Å². The van der Waals surface area contributed by atoms with E-state index in [2.05, 4.69) is 29.6 Å². The molecule has 2 aliphatic rings. The van der Waals surface area contributed by atoms with Crippen LogP contribution in [0.4, 0.5) is 0 Å². The van der Waals surface area contributed by atoms with E-state index >= 15 is 0 Å². The van der Waals surface area contributed by atoms with E-state index in [0.717, 1.165) is 32.1 Å². The number of methoxy groups -OCH3 is 1. The molecule has 2 atom stereocenters. The van der Waals surface area contributed by atoms with Gasteiger partial charge in [0.1, 0.15) is 5.75 Å². The van der Waals surface area contributed by atoms with Crippen molar-refractivity contribution in [1.82, 2.24) is 5.32 Å². The Bertz CT molecular complexity index is 930. The third kappa shape index (κ3) is 4.16. The number of aliphatic hydroxyl groups is 1. The Morgan fingerprint density at radius 3 is 2.38 bits per heavy atom. The lowest BCUT2D eigenvalue weighted by molar-refractivity contribution is 0.0663. The van der Waals surface area contributed by atoms with E-state index in [0.29, 0.717) is 29.4 Å². The Labute approximate surface area is 192 Å². The summed E-state index contributed by atoms with van der Waals surface area (Å²) in [5.41, 5.74) is 1.36. The van der Waals surface area contributed by atoms with Gasteiger partial charge >= 0.3 is 0 Å². The first-order valence-electron chi connectivity index (χ1n) is 11.5. The zero-order valence-electron chi connectivity index (χ0n) is 18.9. The highest BCUT2D eigenvalue weighted by molar-refractivity contribution is 8.29. The van der Waals surface area contributed by atoms with Crippen molar-refractivity contribution >= 4 is 16.2 Å². The number of nitrogens with one attached hydrogen (secondary N) is 1. The van der Waals surface area contributed by atoms with Crippen LogP contribution >= 0.6 is 10.3 Å². The van der Waals surface area contributed by atoms with Gasteiger partial charge in [0.25, 0.3) is 5.91 Å². The van der Waals surface area contributed by atoms with E-state index in [1.165, 1.54) is 12.0 Å². The lowest BCUT2D eigenvalue weighted by atomic mass is 9.54. The SMILES string of the molecule is COc1ccccc1C(=O)NCC1(C2(c3ccccc3)CCS(O)(CO)C2)CCCCC1. The third-order valence-corrected chi connectivity index (χ3v) is 10.2. The number of aliphatic hydroxyl groups excluding tert-OH is 1. The fourth-order valence-corrected chi connectivity index (χ4v) is 8.64. The van der Waals surface area contributed by atoms with E-state index < -0.39 is 10.3 Å². The highest BCUT2D eigenvalue weighted by Gasteiger charge is 2.58. The minimum Gasteiger partial charge on any atom is -0.496 e. The van der Waals surface area contributed by atoms with Gasteiger partial charge in [0, 0.05) is 23.5 Å². The summed E-state index contributed by atoms with van der Waals surface area (Å²) in [6.45, 7) is 0.555. The van der Waals surface area contributed by atoms with E-state index in [9.17, 15) is 14.5 Å². The van der Waals surface area contributed by atoms with Crippen molar-refractivity contribution in [2.75, 3.05) is 31.1 Å². The molecule has 0 bridgehead atoms. The molecular weight excluding hydrogens is 422 g/mol.